The standard InChI is InChI=1S/C23H21N3O3S/c1-3-15-8-6-9-17-16(12-24-21(15)17)11-19-22(28)26(23(29)30-19)13-20(27)25-18-10-5-4-7-14(18)2/h4-12,28H,3,13H2,1-2H3,(H,25,27). The Balaban J connectivity index is 1.59. The predicted octanol–water partition coefficient (Wildman–Crippen LogP) is 4.38. The summed E-state index contributed by atoms with van der Waals surface area (Å²) in [5, 5.41) is 13.4. The normalized spacial score (nSPS) is 13.6. The summed E-state index contributed by atoms with van der Waals surface area (Å²) in [4.78, 5) is 29.3. The van der Waals surface area contributed by atoms with Gasteiger partial charge in [0, 0.05) is 23.0 Å². The molecule has 2 heterocycles. The van der Waals surface area contributed by atoms with Crippen molar-refractivity contribution in [3.05, 3.63) is 73.7 Å². The molecule has 1 aromatic heterocycles. The Labute approximate surface area is 177 Å². The quantitative estimate of drug-likeness (QED) is 0.644. The van der Waals surface area contributed by atoms with Crippen LogP contribution in [0.25, 0.3) is 11.6 Å². The van der Waals surface area contributed by atoms with E-state index in [1.807, 2.05) is 43.3 Å². The first-order chi connectivity index (χ1) is 14.5. The van der Waals surface area contributed by atoms with Crippen molar-refractivity contribution in [2.45, 2.75) is 26.8 Å². The van der Waals surface area contributed by atoms with Crippen molar-refractivity contribution < 1.29 is 9.90 Å². The lowest BCUT2D eigenvalue weighted by molar-refractivity contribution is -0.116. The van der Waals surface area contributed by atoms with Crippen molar-refractivity contribution in [3.8, 4) is 5.88 Å². The fourth-order valence-electron chi connectivity index (χ4n) is 3.42. The zero-order chi connectivity index (χ0) is 21.3. The Hall–Kier alpha value is -3.45. The second-order valence-electron chi connectivity index (χ2n) is 7.03. The number of aromatic nitrogens is 1. The Bertz CT molecular complexity index is 1250. The minimum absolute atomic E-state index is 0.217. The fraction of sp³-hybridized carbons (Fsp3) is 0.174. The van der Waals surface area contributed by atoms with Gasteiger partial charge >= 0.3 is 4.87 Å². The second-order valence-corrected chi connectivity index (χ2v) is 8.02. The third kappa shape index (κ3) is 3.71. The molecule has 0 saturated heterocycles. The number of thiazole rings is 1. The number of hydrogen-bond acceptors (Lipinski definition) is 5. The highest BCUT2D eigenvalue weighted by Crippen LogP contribution is 2.37. The highest BCUT2D eigenvalue weighted by molar-refractivity contribution is 7.10. The van der Waals surface area contributed by atoms with Gasteiger partial charge in [-0.25, -0.2) is 0 Å². The van der Waals surface area contributed by atoms with E-state index in [4.69, 9.17) is 0 Å². The molecule has 4 rings (SSSR count). The van der Waals surface area contributed by atoms with Gasteiger partial charge in [-0.1, -0.05) is 54.7 Å². The number of anilines is 1. The predicted molar refractivity (Wildman–Crippen MR) is 122 cm³/mol. The number of para-hydroxylation sites is 2. The van der Waals surface area contributed by atoms with E-state index in [0.717, 1.165) is 50.3 Å². The Kier molecular flexibility index (Phi) is 5.37. The largest absolute Gasteiger partial charge is 0.493 e. The molecule has 0 bridgehead atoms. The van der Waals surface area contributed by atoms with Crippen LogP contribution in [0.3, 0.4) is 0 Å². The summed E-state index contributed by atoms with van der Waals surface area (Å²) in [5.41, 5.74) is 5.47. The minimum atomic E-state index is -0.392. The Morgan fingerprint density at radius 1 is 1.23 bits per heavy atom. The smallest absolute Gasteiger partial charge is 0.311 e. The van der Waals surface area contributed by atoms with E-state index in [0.29, 0.717) is 10.6 Å². The molecule has 0 atom stereocenters. The lowest BCUT2D eigenvalue weighted by Gasteiger charge is -2.08. The van der Waals surface area contributed by atoms with Crippen LogP contribution in [0.1, 0.15) is 28.5 Å². The number of carbonyl (C=O) groups excluding carboxylic acids is 1. The summed E-state index contributed by atoms with van der Waals surface area (Å²) in [6.45, 7) is 3.70. The van der Waals surface area contributed by atoms with Crippen LogP contribution >= 0.6 is 11.3 Å². The summed E-state index contributed by atoms with van der Waals surface area (Å²) in [5.74, 6) is -0.593. The van der Waals surface area contributed by atoms with Gasteiger partial charge in [-0.2, -0.15) is 0 Å². The number of allylic oxidation sites excluding steroid dienone is 1. The average molecular weight is 420 g/mol. The molecular weight excluding hydrogens is 398 g/mol. The maximum absolute atomic E-state index is 12.4. The molecule has 1 aliphatic rings. The molecule has 0 aliphatic carbocycles. The molecule has 6 nitrogen and oxygen atoms in total. The molecule has 7 heteroatoms. The van der Waals surface area contributed by atoms with E-state index in [9.17, 15) is 14.7 Å². The SMILES string of the molecule is CCc1cccc2c1N=CC2=Cc1sc(=O)n(CC(=O)Nc2ccccc2C)c1O. The number of amides is 1. The van der Waals surface area contributed by atoms with Gasteiger partial charge in [0.1, 0.15) is 6.54 Å². The minimum Gasteiger partial charge on any atom is -0.493 e. The first kappa shape index (κ1) is 19.8. The van der Waals surface area contributed by atoms with Gasteiger partial charge in [0.2, 0.25) is 11.8 Å². The van der Waals surface area contributed by atoms with Crippen molar-refractivity contribution in [2.75, 3.05) is 5.32 Å². The van der Waals surface area contributed by atoms with Crippen molar-refractivity contribution in [2.24, 2.45) is 4.99 Å². The van der Waals surface area contributed by atoms with Crippen LogP contribution < -0.4 is 10.2 Å². The average Bonchev–Trinajstić information content (AvgIpc) is 3.26. The van der Waals surface area contributed by atoms with Crippen molar-refractivity contribution in [1.82, 2.24) is 4.57 Å². The summed E-state index contributed by atoms with van der Waals surface area (Å²) in [6, 6.07) is 13.4. The second kappa shape index (κ2) is 8.12. The van der Waals surface area contributed by atoms with Crippen LogP contribution in [0.15, 0.2) is 52.3 Å². The molecule has 2 N–H and O–H groups in total. The number of aliphatic imine (C=N–C) groups is 1. The number of benzene rings is 2. The first-order valence-electron chi connectivity index (χ1n) is 9.64. The van der Waals surface area contributed by atoms with Gasteiger partial charge in [0.05, 0.1) is 10.6 Å². The Morgan fingerprint density at radius 3 is 2.80 bits per heavy atom. The van der Waals surface area contributed by atoms with Gasteiger partial charge in [-0.05, 0) is 36.6 Å². The molecule has 1 amide bonds. The van der Waals surface area contributed by atoms with E-state index in [1.54, 1.807) is 18.4 Å². The lowest BCUT2D eigenvalue weighted by atomic mass is 10.0. The highest BCUT2D eigenvalue weighted by Gasteiger charge is 2.19. The number of nitrogens with one attached hydrogen (secondary N) is 1. The van der Waals surface area contributed by atoms with Gasteiger partial charge in [-0.15, -0.1) is 0 Å². The summed E-state index contributed by atoms with van der Waals surface area (Å²) in [7, 11) is 0. The number of nitrogens with zero attached hydrogens (tertiary/aromatic N) is 2. The molecular formula is C23H21N3O3S. The zero-order valence-electron chi connectivity index (χ0n) is 16.7. The maximum atomic E-state index is 12.4. The number of rotatable bonds is 5. The van der Waals surface area contributed by atoms with Gasteiger partial charge < -0.3 is 10.4 Å². The van der Waals surface area contributed by atoms with Crippen LogP contribution in [0.2, 0.25) is 0 Å². The topological polar surface area (TPSA) is 83.7 Å². The molecule has 152 valence electrons. The number of carbonyl (C=O) groups is 1. The molecule has 0 unspecified atom stereocenters. The highest BCUT2D eigenvalue weighted by atomic mass is 32.1. The van der Waals surface area contributed by atoms with Gasteiger partial charge in [0.25, 0.3) is 0 Å². The molecule has 0 radical (unpaired) electrons. The number of aromatic hydroxyl groups is 1. The first-order valence-corrected chi connectivity index (χ1v) is 10.5. The number of fused-ring (bicyclic) bond motifs is 1. The molecule has 30 heavy (non-hydrogen) atoms. The van der Waals surface area contributed by atoms with Crippen LogP contribution in [-0.2, 0) is 17.8 Å². The molecule has 1 aliphatic heterocycles. The van der Waals surface area contributed by atoms with Crippen molar-refractivity contribution >= 4 is 46.5 Å². The van der Waals surface area contributed by atoms with Crippen LogP contribution in [0.4, 0.5) is 11.4 Å². The van der Waals surface area contributed by atoms with Gasteiger partial charge in [-0.3, -0.25) is 19.1 Å². The number of aryl methyl sites for hydroxylation is 2. The Morgan fingerprint density at radius 2 is 2.03 bits per heavy atom. The van der Waals surface area contributed by atoms with Crippen LogP contribution in [0, 0.1) is 6.92 Å². The molecule has 0 saturated carbocycles. The van der Waals surface area contributed by atoms with E-state index in [1.165, 1.54) is 0 Å². The molecule has 0 fully saturated rings. The van der Waals surface area contributed by atoms with Crippen LogP contribution in [-0.4, -0.2) is 21.8 Å². The molecule has 0 spiro atoms. The van der Waals surface area contributed by atoms with Gasteiger partial charge in [0.15, 0.2) is 0 Å². The third-order valence-corrected chi connectivity index (χ3v) is 5.96. The van der Waals surface area contributed by atoms with E-state index in [2.05, 4.69) is 17.2 Å². The van der Waals surface area contributed by atoms with E-state index in [-0.39, 0.29) is 18.3 Å². The third-order valence-electron chi connectivity index (χ3n) is 5.05. The molecule has 2 aromatic carbocycles. The van der Waals surface area contributed by atoms with Crippen molar-refractivity contribution in [3.63, 3.8) is 0 Å². The van der Waals surface area contributed by atoms with E-state index >= 15 is 0 Å². The number of hydrogen-bond donors (Lipinski definition) is 2. The van der Waals surface area contributed by atoms with E-state index < -0.39 is 4.87 Å². The maximum Gasteiger partial charge on any atom is 0.311 e. The lowest BCUT2D eigenvalue weighted by Crippen LogP contribution is -2.24. The fourth-order valence-corrected chi connectivity index (χ4v) is 4.25. The van der Waals surface area contributed by atoms with Crippen molar-refractivity contribution in [1.29, 1.82) is 0 Å². The monoisotopic (exact) mass is 419 g/mol. The summed E-state index contributed by atoms with van der Waals surface area (Å²) in [6.07, 6.45) is 4.35. The van der Waals surface area contributed by atoms with Crippen LogP contribution in [0.5, 0.6) is 5.88 Å². The summed E-state index contributed by atoms with van der Waals surface area (Å²) < 4.78 is 1.08. The summed E-state index contributed by atoms with van der Waals surface area (Å²) >= 11 is 0.903. The molecule has 3 aromatic rings. The zero-order valence-corrected chi connectivity index (χ0v) is 17.5.